The van der Waals surface area contributed by atoms with Crippen molar-refractivity contribution >= 4 is 5.83 Å². The average molecular weight is 209 g/mol. The molecule has 3 heteroatoms. The molecule has 0 saturated carbocycles. The highest BCUT2D eigenvalue weighted by Crippen LogP contribution is 2.21. The van der Waals surface area contributed by atoms with Crippen LogP contribution >= 0.6 is 0 Å². The van der Waals surface area contributed by atoms with Gasteiger partial charge in [-0.15, -0.1) is 0 Å². The van der Waals surface area contributed by atoms with Crippen molar-refractivity contribution in [3.05, 3.63) is 41.2 Å². The summed E-state index contributed by atoms with van der Waals surface area (Å²) in [6, 6.07) is 4.45. The lowest BCUT2D eigenvalue weighted by Crippen LogP contribution is -2.40. The van der Waals surface area contributed by atoms with Gasteiger partial charge in [-0.3, -0.25) is 0 Å². The largest absolute Gasteiger partial charge is 0.315 e. The first-order chi connectivity index (χ1) is 7.16. The smallest absolute Gasteiger partial charge is 0.126 e. The zero-order chi connectivity index (χ0) is 10.8. The van der Waals surface area contributed by atoms with Crippen molar-refractivity contribution in [3.8, 4) is 0 Å². The van der Waals surface area contributed by atoms with E-state index in [0.717, 1.165) is 13.1 Å². The number of aryl methyl sites for hydroxylation is 1. The number of nitrogens with one attached hydrogen (secondary N) is 1. The number of rotatable bonds is 2. The lowest BCUT2D eigenvalue weighted by atomic mass is 10.0. The van der Waals surface area contributed by atoms with E-state index in [1.54, 1.807) is 25.1 Å². The summed E-state index contributed by atoms with van der Waals surface area (Å²) in [4.78, 5) is 0. The normalized spacial score (nSPS) is 17.7. The lowest BCUT2D eigenvalue weighted by Gasteiger charge is -2.23. The van der Waals surface area contributed by atoms with E-state index in [2.05, 4.69) is 5.32 Å². The standard InChI is InChI=1S/C12H13F2N/c1-8-2-3-10(5-11(8)13)12(14)4-9-6-15-7-9/h2-5,9,15H,6-7H2,1H3/b12-4-. The van der Waals surface area contributed by atoms with Gasteiger partial charge in [-0.2, -0.15) is 0 Å². The Bertz CT molecular complexity index is 395. The summed E-state index contributed by atoms with van der Waals surface area (Å²) in [5.74, 6) is -0.447. The Kier molecular flexibility index (Phi) is 2.82. The topological polar surface area (TPSA) is 12.0 Å². The van der Waals surface area contributed by atoms with E-state index in [4.69, 9.17) is 0 Å². The molecule has 0 amide bonds. The molecule has 1 saturated heterocycles. The fraction of sp³-hybridized carbons (Fsp3) is 0.333. The van der Waals surface area contributed by atoms with Gasteiger partial charge in [0.15, 0.2) is 0 Å². The Hall–Kier alpha value is -1.22. The van der Waals surface area contributed by atoms with Gasteiger partial charge in [-0.25, -0.2) is 8.78 Å². The molecule has 1 aromatic carbocycles. The van der Waals surface area contributed by atoms with E-state index in [1.807, 2.05) is 0 Å². The second-order valence-electron chi connectivity index (χ2n) is 3.90. The number of benzene rings is 1. The molecule has 0 aliphatic carbocycles. The molecule has 0 spiro atoms. The highest BCUT2D eigenvalue weighted by molar-refractivity contribution is 5.59. The molecule has 1 aliphatic rings. The third-order valence-corrected chi connectivity index (χ3v) is 2.64. The molecule has 15 heavy (non-hydrogen) atoms. The first-order valence-corrected chi connectivity index (χ1v) is 5.01. The molecule has 2 rings (SSSR count). The quantitative estimate of drug-likeness (QED) is 0.789. The van der Waals surface area contributed by atoms with Crippen LogP contribution in [0.4, 0.5) is 8.78 Å². The molecular weight excluding hydrogens is 196 g/mol. The minimum Gasteiger partial charge on any atom is -0.315 e. The van der Waals surface area contributed by atoms with E-state index in [1.165, 1.54) is 6.07 Å². The van der Waals surface area contributed by atoms with Gasteiger partial charge >= 0.3 is 0 Å². The molecule has 1 aliphatic heterocycles. The fourth-order valence-corrected chi connectivity index (χ4v) is 1.47. The van der Waals surface area contributed by atoms with Crippen LogP contribution in [0.5, 0.6) is 0 Å². The van der Waals surface area contributed by atoms with Crippen molar-refractivity contribution in [1.29, 1.82) is 0 Å². The van der Waals surface area contributed by atoms with Crippen LogP contribution < -0.4 is 5.32 Å². The summed E-state index contributed by atoms with van der Waals surface area (Å²) in [5.41, 5.74) is 0.863. The molecule has 0 bridgehead atoms. The third kappa shape index (κ3) is 2.23. The van der Waals surface area contributed by atoms with Crippen molar-refractivity contribution < 1.29 is 8.78 Å². The molecule has 1 heterocycles. The number of hydrogen-bond acceptors (Lipinski definition) is 1. The third-order valence-electron chi connectivity index (χ3n) is 2.64. The number of halogens is 2. The van der Waals surface area contributed by atoms with E-state index < -0.39 is 0 Å². The van der Waals surface area contributed by atoms with Crippen LogP contribution in [-0.4, -0.2) is 13.1 Å². The highest BCUT2D eigenvalue weighted by atomic mass is 19.1. The molecule has 1 aromatic rings. The maximum absolute atomic E-state index is 13.6. The second kappa shape index (κ2) is 4.11. The fourth-order valence-electron chi connectivity index (χ4n) is 1.47. The zero-order valence-corrected chi connectivity index (χ0v) is 8.56. The summed E-state index contributed by atoms with van der Waals surface area (Å²) in [6.07, 6.45) is 1.56. The Morgan fingerprint density at radius 3 is 2.73 bits per heavy atom. The minimum absolute atomic E-state index is 0.245. The van der Waals surface area contributed by atoms with Crippen molar-refractivity contribution in [2.75, 3.05) is 13.1 Å². The van der Waals surface area contributed by atoms with Gasteiger partial charge in [0.05, 0.1) is 0 Å². The Labute approximate surface area is 87.8 Å². The van der Waals surface area contributed by atoms with E-state index >= 15 is 0 Å². The van der Waals surface area contributed by atoms with Gasteiger partial charge in [0.25, 0.3) is 0 Å². The van der Waals surface area contributed by atoms with Gasteiger partial charge in [-0.1, -0.05) is 12.1 Å². The highest BCUT2D eigenvalue weighted by Gasteiger charge is 2.15. The first-order valence-electron chi connectivity index (χ1n) is 5.01. The van der Waals surface area contributed by atoms with Crippen molar-refractivity contribution in [1.82, 2.24) is 5.32 Å². The van der Waals surface area contributed by atoms with Crippen molar-refractivity contribution in [2.45, 2.75) is 6.92 Å². The SMILES string of the molecule is Cc1ccc(/C(F)=C/C2CNC2)cc1F. The first kappa shape index (κ1) is 10.3. The van der Waals surface area contributed by atoms with Crippen LogP contribution in [0.15, 0.2) is 24.3 Å². The molecule has 1 nitrogen and oxygen atoms in total. The van der Waals surface area contributed by atoms with Crippen LogP contribution in [0.2, 0.25) is 0 Å². The molecule has 1 N–H and O–H groups in total. The van der Waals surface area contributed by atoms with Gasteiger partial charge in [-0.05, 0) is 24.6 Å². The summed E-state index contributed by atoms with van der Waals surface area (Å²) in [6.45, 7) is 3.28. The van der Waals surface area contributed by atoms with E-state index in [0.29, 0.717) is 11.1 Å². The zero-order valence-electron chi connectivity index (χ0n) is 8.56. The molecule has 80 valence electrons. The molecule has 0 atom stereocenters. The van der Waals surface area contributed by atoms with Crippen LogP contribution in [0, 0.1) is 18.7 Å². The van der Waals surface area contributed by atoms with Gasteiger partial charge < -0.3 is 5.32 Å². The van der Waals surface area contributed by atoms with Gasteiger partial charge in [0.1, 0.15) is 11.6 Å². The van der Waals surface area contributed by atoms with Crippen LogP contribution in [0.3, 0.4) is 0 Å². The second-order valence-corrected chi connectivity index (χ2v) is 3.90. The Balaban J connectivity index is 2.20. The van der Waals surface area contributed by atoms with Crippen LogP contribution in [0.1, 0.15) is 11.1 Å². The predicted octanol–water partition coefficient (Wildman–Crippen LogP) is 2.66. The average Bonchev–Trinajstić information content (AvgIpc) is 2.15. The Morgan fingerprint density at radius 2 is 2.20 bits per heavy atom. The molecule has 1 fully saturated rings. The minimum atomic E-state index is -0.359. The van der Waals surface area contributed by atoms with E-state index in [-0.39, 0.29) is 17.6 Å². The number of hydrogen-bond donors (Lipinski definition) is 1. The predicted molar refractivity (Wildman–Crippen MR) is 56.6 cm³/mol. The van der Waals surface area contributed by atoms with Crippen molar-refractivity contribution in [3.63, 3.8) is 0 Å². The van der Waals surface area contributed by atoms with Gasteiger partial charge in [0, 0.05) is 24.6 Å². The molecule has 0 unspecified atom stereocenters. The summed E-state index contributed by atoms with van der Waals surface area (Å²) < 4.78 is 26.8. The maximum atomic E-state index is 13.6. The van der Waals surface area contributed by atoms with Crippen LogP contribution in [0.25, 0.3) is 5.83 Å². The summed E-state index contributed by atoms with van der Waals surface area (Å²) in [5, 5.41) is 3.05. The maximum Gasteiger partial charge on any atom is 0.126 e. The van der Waals surface area contributed by atoms with Crippen molar-refractivity contribution in [2.24, 2.45) is 5.92 Å². The van der Waals surface area contributed by atoms with E-state index in [9.17, 15) is 8.78 Å². The monoisotopic (exact) mass is 209 g/mol. The molecular formula is C12H13F2N. The van der Waals surface area contributed by atoms with Crippen LogP contribution in [-0.2, 0) is 0 Å². The molecule has 0 aromatic heterocycles. The summed E-state index contributed by atoms with van der Waals surface area (Å²) in [7, 11) is 0. The lowest BCUT2D eigenvalue weighted by molar-refractivity contribution is 0.417. The Morgan fingerprint density at radius 1 is 1.47 bits per heavy atom. The summed E-state index contributed by atoms with van der Waals surface area (Å²) >= 11 is 0. The van der Waals surface area contributed by atoms with Gasteiger partial charge in [0.2, 0.25) is 0 Å². The molecule has 0 radical (unpaired) electrons.